The van der Waals surface area contributed by atoms with Crippen molar-refractivity contribution in [1.82, 2.24) is 9.80 Å². The quantitative estimate of drug-likeness (QED) is 0.290. The van der Waals surface area contributed by atoms with E-state index in [1.165, 1.54) is 6.42 Å². The number of carbonyl (C=O) groups is 2. The number of hydrogen-bond donors (Lipinski definition) is 2. The lowest BCUT2D eigenvalue weighted by atomic mass is 10.1. The molecule has 0 saturated carbocycles. The maximum Gasteiger partial charge on any atom is 0.241 e. The zero-order valence-electron chi connectivity index (χ0n) is 29.3. The summed E-state index contributed by atoms with van der Waals surface area (Å²) in [6.07, 6.45) is 2.78. The molecule has 0 saturated heterocycles. The van der Waals surface area contributed by atoms with E-state index in [0.29, 0.717) is 13.0 Å². The highest BCUT2D eigenvalue weighted by molar-refractivity contribution is 5.96. The number of benzene rings is 2. The van der Waals surface area contributed by atoms with Crippen molar-refractivity contribution in [3.63, 3.8) is 0 Å². The second-order valence-corrected chi connectivity index (χ2v) is 9.64. The highest BCUT2D eigenvalue weighted by atomic mass is 16.2. The minimum absolute atomic E-state index is 0. The van der Waals surface area contributed by atoms with Gasteiger partial charge >= 0.3 is 0 Å². The largest absolute Gasteiger partial charge is 0.324 e. The molecule has 1 atom stereocenters. The summed E-state index contributed by atoms with van der Waals surface area (Å²) in [5.74, 6) is -0.0235. The van der Waals surface area contributed by atoms with Gasteiger partial charge in [0, 0.05) is 11.4 Å². The molecule has 2 aromatic rings. The second kappa shape index (κ2) is 28.4. The predicted octanol–water partition coefficient (Wildman–Crippen LogP) is 9.27. The van der Waals surface area contributed by atoms with E-state index in [1.54, 1.807) is 0 Å². The maximum atomic E-state index is 12.9. The highest BCUT2D eigenvalue weighted by Crippen LogP contribution is 2.21. The molecule has 0 bridgehead atoms. The number of para-hydroxylation sites is 2. The number of amides is 2. The molecule has 244 valence electrons. The Morgan fingerprint density at radius 3 is 1.43 bits per heavy atom. The molecular weight excluding hydrogens is 520 g/mol. The Morgan fingerprint density at radius 2 is 1.07 bits per heavy atom. The van der Waals surface area contributed by atoms with Crippen LogP contribution in [0.5, 0.6) is 0 Å². The van der Waals surface area contributed by atoms with Crippen molar-refractivity contribution in [2.24, 2.45) is 0 Å². The number of nitrogens with one attached hydrogen (secondary N) is 2. The Balaban J connectivity index is -0.000000651. The van der Waals surface area contributed by atoms with E-state index in [1.807, 2.05) is 137 Å². The van der Waals surface area contributed by atoms with Gasteiger partial charge in [-0.1, -0.05) is 106 Å². The van der Waals surface area contributed by atoms with Crippen LogP contribution < -0.4 is 10.6 Å². The Hall–Kier alpha value is -2.70. The topological polar surface area (TPSA) is 64.7 Å². The molecule has 0 aromatic heterocycles. The van der Waals surface area contributed by atoms with Crippen molar-refractivity contribution in [2.75, 3.05) is 44.9 Å². The minimum Gasteiger partial charge on any atom is -0.324 e. The van der Waals surface area contributed by atoms with Crippen molar-refractivity contribution >= 4 is 23.2 Å². The van der Waals surface area contributed by atoms with E-state index in [4.69, 9.17) is 0 Å². The van der Waals surface area contributed by atoms with Crippen LogP contribution in [0.1, 0.15) is 104 Å². The number of carbonyl (C=O) groups excluding carboxylic acids is 2. The van der Waals surface area contributed by atoms with Gasteiger partial charge in [0.25, 0.3) is 0 Å². The first-order valence-electron chi connectivity index (χ1n) is 15.6. The maximum absolute atomic E-state index is 12.9. The summed E-state index contributed by atoms with van der Waals surface area (Å²) in [5.41, 5.74) is 6.02. The van der Waals surface area contributed by atoms with Gasteiger partial charge in [0.05, 0.1) is 12.6 Å². The van der Waals surface area contributed by atoms with Crippen LogP contribution in [0.4, 0.5) is 11.4 Å². The van der Waals surface area contributed by atoms with Crippen molar-refractivity contribution in [3.05, 3.63) is 58.7 Å². The number of anilines is 2. The van der Waals surface area contributed by atoms with E-state index in [-0.39, 0.29) is 25.3 Å². The predicted molar refractivity (Wildman–Crippen MR) is 190 cm³/mol. The highest BCUT2D eigenvalue weighted by Gasteiger charge is 2.22. The van der Waals surface area contributed by atoms with Gasteiger partial charge in [0.15, 0.2) is 0 Å². The molecule has 0 radical (unpaired) electrons. The number of likely N-dealkylation sites (N-methyl/N-ethyl adjacent to an activating group) is 2. The SMILES string of the molecule is C.CC.CC.CC.CCC.Cc1cccc(C)c1NC(=O)CN(C)CCC[C@H](C(=O)Nc1c(C)cccc1C)N(C)C. The molecule has 2 rings (SSSR count). The van der Waals surface area contributed by atoms with Gasteiger partial charge in [-0.3, -0.25) is 19.4 Å². The van der Waals surface area contributed by atoms with E-state index in [0.717, 1.165) is 46.6 Å². The van der Waals surface area contributed by atoms with Gasteiger partial charge in [-0.05, 0) is 90.5 Å². The molecular formula is C36H68N4O2. The molecule has 6 heteroatoms. The summed E-state index contributed by atoms with van der Waals surface area (Å²) in [6, 6.07) is 11.8. The van der Waals surface area contributed by atoms with Crippen LogP contribution in [0.25, 0.3) is 0 Å². The van der Waals surface area contributed by atoms with Crippen LogP contribution in [0.2, 0.25) is 0 Å². The van der Waals surface area contributed by atoms with Crippen molar-refractivity contribution < 1.29 is 9.59 Å². The third kappa shape index (κ3) is 18.7. The molecule has 0 aliphatic rings. The van der Waals surface area contributed by atoms with E-state index in [9.17, 15) is 9.59 Å². The standard InChI is InChI=1S/C26H38N4O2.C3H8.3C2H6.CH4/c1-18-11-8-12-19(2)24(18)27-23(31)17-30(7)16-10-15-22(29(5)6)26(32)28-25-20(3)13-9-14-21(25)4;1-3-2;3*1-2;/h8-9,11-14,22H,10,15-17H2,1-7H3,(H,27,31)(H,28,32);3H2,1-2H3;3*1-2H3;1H4/t22-;;;;;/m1...../s1. The average molecular weight is 589 g/mol. The van der Waals surface area contributed by atoms with Crippen LogP contribution in [-0.4, -0.2) is 61.9 Å². The number of nitrogens with zero attached hydrogens (tertiary/aromatic N) is 2. The van der Waals surface area contributed by atoms with Crippen molar-refractivity contribution in [3.8, 4) is 0 Å². The molecule has 2 amide bonds. The zero-order valence-corrected chi connectivity index (χ0v) is 29.3. The van der Waals surface area contributed by atoms with Gasteiger partial charge in [-0.25, -0.2) is 0 Å². The van der Waals surface area contributed by atoms with Gasteiger partial charge in [0.1, 0.15) is 0 Å². The molecule has 0 heterocycles. The summed E-state index contributed by atoms with van der Waals surface area (Å²) in [7, 11) is 5.79. The summed E-state index contributed by atoms with van der Waals surface area (Å²) in [6.45, 7) is 25.3. The summed E-state index contributed by atoms with van der Waals surface area (Å²) in [5, 5.41) is 6.14. The summed E-state index contributed by atoms with van der Waals surface area (Å²) in [4.78, 5) is 29.4. The van der Waals surface area contributed by atoms with Crippen LogP contribution in [0.15, 0.2) is 36.4 Å². The molecule has 0 fully saturated rings. The van der Waals surface area contributed by atoms with Gasteiger partial charge in [-0.2, -0.15) is 0 Å². The summed E-state index contributed by atoms with van der Waals surface area (Å²) >= 11 is 0. The molecule has 0 spiro atoms. The van der Waals surface area contributed by atoms with Crippen molar-refractivity contribution in [2.45, 2.75) is 116 Å². The lowest BCUT2D eigenvalue weighted by Gasteiger charge is -2.25. The van der Waals surface area contributed by atoms with Crippen LogP contribution in [-0.2, 0) is 9.59 Å². The number of aryl methyl sites for hydroxylation is 4. The van der Waals surface area contributed by atoms with Gasteiger partial charge < -0.3 is 10.6 Å². The average Bonchev–Trinajstić information content (AvgIpc) is 2.94. The van der Waals surface area contributed by atoms with Crippen LogP contribution >= 0.6 is 0 Å². The molecule has 2 aromatic carbocycles. The Kier molecular flexibility index (Phi) is 31.3. The number of rotatable bonds is 10. The molecule has 2 N–H and O–H groups in total. The monoisotopic (exact) mass is 589 g/mol. The Morgan fingerprint density at radius 1 is 0.714 bits per heavy atom. The molecule has 6 nitrogen and oxygen atoms in total. The zero-order chi connectivity index (χ0) is 32.5. The van der Waals surface area contributed by atoms with E-state index >= 15 is 0 Å². The fourth-order valence-electron chi connectivity index (χ4n) is 3.91. The first-order chi connectivity index (χ1) is 19.5. The van der Waals surface area contributed by atoms with Crippen molar-refractivity contribution in [1.29, 1.82) is 0 Å². The van der Waals surface area contributed by atoms with Gasteiger partial charge in [-0.15, -0.1) is 0 Å². The first kappa shape index (κ1) is 46.3. The van der Waals surface area contributed by atoms with Crippen LogP contribution in [0, 0.1) is 27.7 Å². The lowest BCUT2D eigenvalue weighted by molar-refractivity contribution is -0.121. The van der Waals surface area contributed by atoms with E-state index < -0.39 is 0 Å². The lowest BCUT2D eigenvalue weighted by Crippen LogP contribution is -2.40. The fraction of sp³-hybridized carbons (Fsp3) is 0.611. The molecule has 0 unspecified atom stereocenters. The fourth-order valence-corrected chi connectivity index (χ4v) is 3.91. The molecule has 42 heavy (non-hydrogen) atoms. The van der Waals surface area contributed by atoms with Crippen LogP contribution in [0.3, 0.4) is 0 Å². The number of hydrogen-bond acceptors (Lipinski definition) is 4. The third-order valence-corrected chi connectivity index (χ3v) is 5.83. The Bertz CT molecular complexity index is 917. The minimum atomic E-state index is -0.231. The summed E-state index contributed by atoms with van der Waals surface area (Å²) < 4.78 is 0. The van der Waals surface area contributed by atoms with E-state index in [2.05, 4.69) is 24.5 Å². The van der Waals surface area contributed by atoms with Gasteiger partial charge in [0.2, 0.25) is 11.8 Å². The molecule has 0 aliphatic carbocycles. The normalized spacial score (nSPS) is 10.1. The molecule has 0 aliphatic heterocycles. The second-order valence-electron chi connectivity index (χ2n) is 9.64. The smallest absolute Gasteiger partial charge is 0.241 e. The first-order valence-corrected chi connectivity index (χ1v) is 15.6. The Labute approximate surface area is 261 Å². The third-order valence-electron chi connectivity index (χ3n) is 5.83.